The van der Waals surface area contributed by atoms with Crippen LogP contribution in [0.2, 0.25) is 0 Å². The molecule has 27 heavy (non-hydrogen) atoms. The summed E-state index contributed by atoms with van der Waals surface area (Å²) in [6.07, 6.45) is 5.01. The molecule has 0 atom stereocenters. The minimum atomic E-state index is -0.322. The van der Waals surface area contributed by atoms with Gasteiger partial charge in [0, 0.05) is 24.3 Å². The second-order valence-electron chi connectivity index (χ2n) is 5.21. The molecule has 0 saturated heterocycles. The number of hydrogen-bond donors (Lipinski definition) is 4. The van der Waals surface area contributed by atoms with Crippen LogP contribution in [0.5, 0.6) is 0 Å². The molecule has 0 fully saturated rings. The predicted molar refractivity (Wildman–Crippen MR) is 107 cm³/mol. The van der Waals surface area contributed by atoms with Crippen molar-refractivity contribution in [1.29, 1.82) is 0 Å². The Morgan fingerprint density at radius 1 is 1.22 bits per heavy atom. The number of carbonyl (C=O) groups excluding carboxylic acids is 3. The van der Waals surface area contributed by atoms with E-state index in [2.05, 4.69) is 39.4 Å². The zero-order valence-corrected chi connectivity index (χ0v) is 15.1. The Hall–Kier alpha value is -3.68. The second kappa shape index (κ2) is 11.8. The molecule has 8 heteroatoms. The van der Waals surface area contributed by atoms with Crippen molar-refractivity contribution in [1.82, 2.24) is 10.6 Å². The number of nitrogens with zero attached hydrogens (tertiary/aromatic N) is 1. The Balaban J connectivity index is 2.58. The molecule has 0 aliphatic carbocycles. The Morgan fingerprint density at radius 2 is 1.93 bits per heavy atom. The van der Waals surface area contributed by atoms with E-state index in [9.17, 15) is 14.4 Å². The van der Waals surface area contributed by atoms with Crippen LogP contribution in [0, 0.1) is 0 Å². The Labute approximate surface area is 158 Å². The summed E-state index contributed by atoms with van der Waals surface area (Å²) < 4.78 is 0. The molecule has 0 saturated carbocycles. The van der Waals surface area contributed by atoms with Crippen LogP contribution in [0.15, 0.2) is 66.1 Å². The van der Waals surface area contributed by atoms with Crippen molar-refractivity contribution < 1.29 is 14.4 Å². The molecule has 0 radical (unpaired) electrons. The highest BCUT2D eigenvalue weighted by molar-refractivity contribution is 5.92. The average Bonchev–Trinajstić information content (AvgIpc) is 2.65. The number of rotatable bonds is 11. The van der Waals surface area contributed by atoms with Gasteiger partial charge in [-0.15, -0.1) is 0 Å². The molecule has 142 valence electrons. The molecule has 8 nitrogen and oxygen atoms in total. The summed E-state index contributed by atoms with van der Waals surface area (Å²) in [6, 6.07) is 7.02. The number of allylic oxidation sites excluding steroid dienone is 2. The van der Waals surface area contributed by atoms with E-state index in [4.69, 9.17) is 0 Å². The molecule has 4 N–H and O–H groups in total. The minimum Gasteiger partial charge on any atom is -0.352 e. The van der Waals surface area contributed by atoms with Gasteiger partial charge in [-0.3, -0.25) is 14.4 Å². The van der Waals surface area contributed by atoms with Gasteiger partial charge in [0.1, 0.15) is 5.82 Å². The lowest BCUT2D eigenvalue weighted by atomic mass is 10.2. The highest BCUT2D eigenvalue weighted by Crippen LogP contribution is 2.17. The topological polar surface area (TPSA) is 112 Å². The van der Waals surface area contributed by atoms with Crippen molar-refractivity contribution in [2.24, 2.45) is 4.99 Å². The van der Waals surface area contributed by atoms with Crippen LogP contribution in [0.25, 0.3) is 0 Å². The summed E-state index contributed by atoms with van der Waals surface area (Å²) in [5, 5.41) is 10.8. The van der Waals surface area contributed by atoms with E-state index in [1.165, 1.54) is 6.21 Å². The number of benzene rings is 1. The Kier molecular flexibility index (Phi) is 9.34. The summed E-state index contributed by atoms with van der Waals surface area (Å²) in [5.74, 6) is -0.193. The van der Waals surface area contributed by atoms with Gasteiger partial charge in [0.05, 0.1) is 11.9 Å². The number of carbonyl (C=O) groups is 3. The molecule has 1 aromatic rings. The first-order valence-electron chi connectivity index (χ1n) is 8.15. The molecule has 1 aromatic carbocycles. The van der Waals surface area contributed by atoms with E-state index in [0.29, 0.717) is 29.3 Å². The van der Waals surface area contributed by atoms with E-state index in [1.807, 2.05) is 0 Å². The smallest absolute Gasteiger partial charge is 0.243 e. The third-order valence-corrected chi connectivity index (χ3v) is 3.17. The lowest BCUT2D eigenvalue weighted by Gasteiger charge is -2.09. The second-order valence-corrected chi connectivity index (χ2v) is 5.21. The van der Waals surface area contributed by atoms with Gasteiger partial charge in [-0.05, 0) is 31.2 Å². The van der Waals surface area contributed by atoms with Crippen molar-refractivity contribution in [3.05, 3.63) is 61.1 Å². The van der Waals surface area contributed by atoms with Crippen molar-refractivity contribution in [3.8, 4) is 0 Å². The van der Waals surface area contributed by atoms with Crippen LogP contribution < -0.4 is 21.3 Å². The van der Waals surface area contributed by atoms with Crippen molar-refractivity contribution in [3.63, 3.8) is 0 Å². The van der Waals surface area contributed by atoms with Crippen LogP contribution in [0.1, 0.15) is 13.3 Å². The summed E-state index contributed by atoms with van der Waals surface area (Å²) in [7, 11) is 0. The Morgan fingerprint density at radius 3 is 2.56 bits per heavy atom. The standard InChI is InChI=1S/C19H23N5O3/c1-4-15(22-13-25)12-21-14(3)23-16-7-6-8-17(11-16)24-19(27)9-10-20-18(26)5-2/h4-8,11-13,23H,2-3,9-10H2,1H3,(H,20,26)(H,22,25)(H,24,27)/b15-4+,21-12-. The molecule has 0 unspecified atom stereocenters. The summed E-state index contributed by atoms with van der Waals surface area (Å²) in [4.78, 5) is 37.5. The number of anilines is 2. The lowest BCUT2D eigenvalue weighted by Crippen LogP contribution is -2.25. The molecule has 0 heterocycles. The van der Waals surface area contributed by atoms with E-state index >= 15 is 0 Å². The maximum Gasteiger partial charge on any atom is 0.243 e. The average molecular weight is 369 g/mol. The fraction of sp³-hybridized carbons (Fsp3) is 0.158. The van der Waals surface area contributed by atoms with E-state index in [-0.39, 0.29) is 24.8 Å². The SMILES string of the molecule is C=CC(=O)NCCC(=O)Nc1cccc(NC(=C)/N=C\C(=C/C)NC=O)c1. The molecule has 1 rings (SSSR count). The quantitative estimate of drug-likeness (QED) is 0.271. The highest BCUT2D eigenvalue weighted by Gasteiger charge is 2.04. The largest absolute Gasteiger partial charge is 0.352 e. The van der Waals surface area contributed by atoms with Gasteiger partial charge in [0.15, 0.2) is 0 Å². The lowest BCUT2D eigenvalue weighted by molar-refractivity contribution is -0.117. The van der Waals surface area contributed by atoms with Crippen LogP contribution in [-0.4, -0.2) is 31.0 Å². The van der Waals surface area contributed by atoms with E-state index < -0.39 is 0 Å². The minimum absolute atomic E-state index is 0.143. The zero-order chi connectivity index (χ0) is 20.1. The first kappa shape index (κ1) is 21.4. The van der Waals surface area contributed by atoms with Gasteiger partial charge < -0.3 is 21.3 Å². The molecule has 0 aromatic heterocycles. The van der Waals surface area contributed by atoms with E-state index in [0.717, 1.165) is 6.08 Å². The summed E-state index contributed by atoms with van der Waals surface area (Å²) in [5.41, 5.74) is 1.81. The van der Waals surface area contributed by atoms with Crippen molar-refractivity contribution >= 4 is 35.8 Å². The number of aliphatic imine (C=N–C) groups is 1. The van der Waals surface area contributed by atoms with Crippen LogP contribution in [-0.2, 0) is 14.4 Å². The van der Waals surface area contributed by atoms with Gasteiger partial charge in [-0.1, -0.05) is 25.3 Å². The molecular weight excluding hydrogens is 346 g/mol. The van der Waals surface area contributed by atoms with E-state index in [1.54, 1.807) is 37.3 Å². The fourth-order valence-corrected chi connectivity index (χ4v) is 1.88. The summed E-state index contributed by atoms with van der Waals surface area (Å²) in [6.45, 7) is 9.11. The normalized spacial score (nSPS) is 10.8. The molecule has 0 spiro atoms. The monoisotopic (exact) mass is 369 g/mol. The van der Waals surface area contributed by atoms with Gasteiger partial charge in [0.25, 0.3) is 0 Å². The third-order valence-electron chi connectivity index (χ3n) is 3.17. The van der Waals surface area contributed by atoms with Crippen LogP contribution in [0.4, 0.5) is 11.4 Å². The van der Waals surface area contributed by atoms with Gasteiger partial charge in [-0.25, -0.2) is 4.99 Å². The predicted octanol–water partition coefficient (Wildman–Crippen LogP) is 1.92. The highest BCUT2D eigenvalue weighted by atomic mass is 16.2. The zero-order valence-electron chi connectivity index (χ0n) is 15.1. The van der Waals surface area contributed by atoms with Crippen LogP contribution >= 0.6 is 0 Å². The first-order chi connectivity index (χ1) is 13.0. The van der Waals surface area contributed by atoms with Crippen LogP contribution in [0.3, 0.4) is 0 Å². The number of amides is 3. The molecule has 3 amide bonds. The molecule has 0 aliphatic rings. The van der Waals surface area contributed by atoms with Gasteiger partial charge in [0.2, 0.25) is 18.2 Å². The van der Waals surface area contributed by atoms with Crippen molar-refractivity contribution in [2.45, 2.75) is 13.3 Å². The number of nitrogens with one attached hydrogen (secondary N) is 4. The molecule has 0 aliphatic heterocycles. The maximum absolute atomic E-state index is 11.9. The van der Waals surface area contributed by atoms with Gasteiger partial charge in [-0.2, -0.15) is 0 Å². The fourth-order valence-electron chi connectivity index (χ4n) is 1.88. The maximum atomic E-state index is 11.9. The Bertz CT molecular complexity index is 768. The first-order valence-corrected chi connectivity index (χ1v) is 8.15. The number of hydrogen-bond acceptors (Lipinski definition) is 5. The van der Waals surface area contributed by atoms with Gasteiger partial charge >= 0.3 is 0 Å². The summed E-state index contributed by atoms with van der Waals surface area (Å²) >= 11 is 0. The molecule has 0 bridgehead atoms. The molecular formula is C19H23N5O3. The van der Waals surface area contributed by atoms with Crippen molar-refractivity contribution in [2.75, 3.05) is 17.2 Å². The third kappa shape index (κ3) is 8.82.